The molecule has 0 aromatic heterocycles. The second kappa shape index (κ2) is 9.75. The maximum Gasteiger partial charge on any atom is 0.119 e. The normalized spacial score (nSPS) is 12.7. The molecule has 1 unspecified atom stereocenters. The van der Waals surface area contributed by atoms with Crippen molar-refractivity contribution in [3.05, 3.63) is 29.8 Å². The lowest BCUT2D eigenvalue weighted by molar-refractivity contribution is 0.0188. The predicted octanol–water partition coefficient (Wildman–Crippen LogP) is 2.30. The van der Waals surface area contributed by atoms with E-state index < -0.39 is 6.10 Å². The van der Waals surface area contributed by atoms with Gasteiger partial charge in [-0.2, -0.15) is 0 Å². The average molecular weight is 281 g/mol. The largest absolute Gasteiger partial charge is 0.497 e. The van der Waals surface area contributed by atoms with Gasteiger partial charge in [0.15, 0.2) is 0 Å². The fourth-order valence-electron chi connectivity index (χ4n) is 2.03. The topological polar surface area (TPSA) is 41.9 Å². The van der Waals surface area contributed by atoms with Gasteiger partial charge in [0.05, 0.1) is 19.8 Å². The van der Waals surface area contributed by atoms with E-state index in [9.17, 15) is 5.11 Å². The molecule has 114 valence electrons. The fraction of sp³-hybridized carbons (Fsp3) is 0.625. The molecule has 1 rings (SSSR count). The number of aliphatic hydroxyl groups excluding tert-OH is 1. The Bertz CT molecular complexity index is 370. The number of nitrogens with zero attached hydrogens (tertiary/aromatic N) is 1. The summed E-state index contributed by atoms with van der Waals surface area (Å²) in [5.74, 6) is 0.861. The molecule has 0 radical (unpaired) electrons. The van der Waals surface area contributed by atoms with Crippen molar-refractivity contribution in [1.29, 1.82) is 0 Å². The first kappa shape index (κ1) is 17.0. The first-order valence-corrected chi connectivity index (χ1v) is 7.23. The van der Waals surface area contributed by atoms with E-state index >= 15 is 0 Å². The van der Waals surface area contributed by atoms with E-state index in [2.05, 4.69) is 17.9 Å². The van der Waals surface area contributed by atoms with Crippen LogP contribution in [-0.4, -0.2) is 50.0 Å². The molecule has 0 aliphatic rings. The molecule has 0 fully saturated rings. The summed E-state index contributed by atoms with van der Waals surface area (Å²) < 4.78 is 10.6. The maximum atomic E-state index is 9.91. The predicted molar refractivity (Wildman–Crippen MR) is 81.1 cm³/mol. The van der Waals surface area contributed by atoms with E-state index in [0.717, 1.165) is 31.7 Å². The van der Waals surface area contributed by atoms with Crippen LogP contribution in [0.4, 0.5) is 0 Å². The second-order valence-corrected chi connectivity index (χ2v) is 5.13. The fourth-order valence-corrected chi connectivity index (χ4v) is 2.03. The molecule has 20 heavy (non-hydrogen) atoms. The van der Waals surface area contributed by atoms with Crippen molar-refractivity contribution in [3.8, 4) is 5.75 Å². The molecule has 0 heterocycles. The van der Waals surface area contributed by atoms with Crippen molar-refractivity contribution in [2.45, 2.75) is 32.4 Å². The van der Waals surface area contributed by atoms with Gasteiger partial charge in [-0.3, -0.25) is 4.90 Å². The van der Waals surface area contributed by atoms with Gasteiger partial charge in [0.2, 0.25) is 0 Å². The summed E-state index contributed by atoms with van der Waals surface area (Å²) in [5.41, 5.74) is 1.17. The number of unbranched alkanes of at least 4 members (excludes halogenated alkanes) is 1. The molecule has 0 amide bonds. The van der Waals surface area contributed by atoms with Gasteiger partial charge >= 0.3 is 0 Å². The van der Waals surface area contributed by atoms with Gasteiger partial charge in [-0.1, -0.05) is 25.5 Å². The van der Waals surface area contributed by atoms with E-state index in [0.29, 0.717) is 13.2 Å². The van der Waals surface area contributed by atoms with Crippen LogP contribution < -0.4 is 4.74 Å². The van der Waals surface area contributed by atoms with Gasteiger partial charge < -0.3 is 14.6 Å². The number of hydrogen-bond donors (Lipinski definition) is 1. The molecular formula is C16H27NO3. The zero-order chi connectivity index (χ0) is 14.8. The van der Waals surface area contributed by atoms with Crippen LogP contribution in [0.5, 0.6) is 5.75 Å². The molecular weight excluding hydrogens is 254 g/mol. The molecule has 1 N–H and O–H groups in total. The summed E-state index contributed by atoms with van der Waals surface area (Å²) >= 11 is 0. The van der Waals surface area contributed by atoms with Gasteiger partial charge in [0, 0.05) is 19.7 Å². The summed E-state index contributed by atoms with van der Waals surface area (Å²) in [5, 5.41) is 9.91. The Labute approximate surface area is 122 Å². The third-order valence-corrected chi connectivity index (χ3v) is 3.06. The molecule has 1 aromatic carbocycles. The van der Waals surface area contributed by atoms with E-state index in [1.807, 2.05) is 25.2 Å². The minimum Gasteiger partial charge on any atom is -0.497 e. The summed E-state index contributed by atoms with van der Waals surface area (Å²) in [4.78, 5) is 2.09. The Morgan fingerprint density at radius 1 is 1.35 bits per heavy atom. The SMILES string of the molecule is CCCCOCC(O)CN(C)Cc1cccc(OC)c1. The molecule has 0 aliphatic carbocycles. The van der Waals surface area contributed by atoms with Crippen LogP contribution in [0.3, 0.4) is 0 Å². The number of methoxy groups -OCH3 is 1. The van der Waals surface area contributed by atoms with E-state index in [1.54, 1.807) is 7.11 Å². The molecule has 0 spiro atoms. The van der Waals surface area contributed by atoms with Gasteiger partial charge in [-0.25, -0.2) is 0 Å². The van der Waals surface area contributed by atoms with Gasteiger partial charge in [-0.15, -0.1) is 0 Å². The lowest BCUT2D eigenvalue weighted by Crippen LogP contribution is -2.32. The third-order valence-electron chi connectivity index (χ3n) is 3.06. The molecule has 0 saturated heterocycles. The van der Waals surface area contributed by atoms with Crippen molar-refractivity contribution in [2.75, 3.05) is 33.9 Å². The molecule has 4 nitrogen and oxygen atoms in total. The molecule has 0 aliphatic heterocycles. The van der Waals surface area contributed by atoms with Gasteiger partial charge in [0.1, 0.15) is 5.75 Å². The number of hydrogen-bond acceptors (Lipinski definition) is 4. The number of benzene rings is 1. The van der Waals surface area contributed by atoms with Crippen LogP contribution in [0.25, 0.3) is 0 Å². The highest BCUT2D eigenvalue weighted by Gasteiger charge is 2.09. The molecule has 0 bridgehead atoms. The van der Waals surface area contributed by atoms with Crippen LogP contribution >= 0.6 is 0 Å². The lowest BCUT2D eigenvalue weighted by atomic mass is 10.2. The molecule has 0 saturated carbocycles. The Morgan fingerprint density at radius 2 is 2.15 bits per heavy atom. The number of rotatable bonds is 10. The summed E-state index contributed by atoms with van der Waals surface area (Å²) in [6.45, 7) is 4.64. The van der Waals surface area contributed by atoms with Crippen LogP contribution in [0.2, 0.25) is 0 Å². The number of aliphatic hydroxyl groups is 1. The zero-order valence-electron chi connectivity index (χ0n) is 12.8. The average Bonchev–Trinajstić information content (AvgIpc) is 2.43. The molecule has 1 aromatic rings. The molecule has 1 atom stereocenters. The van der Waals surface area contributed by atoms with Crippen LogP contribution in [0.15, 0.2) is 24.3 Å². The monoisotopic (exact) mass is 281 g/mol. The summed E-state index contributed by atoms with van der Waals surface area (Å²) in [7, 11) is 3.66. The highest BCUT2D eigenvalue weighted by Crippen LogP contribution is 2.13. The van der Waals surface area contributed by atoms with Gasteiger partial charge in [0.25, 0.3) is 0 Å². The zero-order valence-corrected chi connectivity index (χ0v) is 12.8. The lowest BCUT2D eigenvalue weighted by Gasteiger charge is -2.20. The summed E-state index contributed by atoms with van der Waals surface area (Å²) in [6.07, 6.45) is 1.72. The first-order chi connectivity index (χ1) is 9.65. The number of likely N-dealkylation sites (N-methyl/N-ethyl adjacent to an activating group) is 1. The van der Waals surface area contributed by atoms with Crippen molar-refractivity contribution < 1.29 is 14.6 Å². The molecule has 4 heteroatoms. The first-order valence-electron chi connectivity index (χ1n) is 7.23. The smallest absolute Gasteiger partial charge is 0.119 e. The summed E-state index contributed by atoms with van der Waals surface area (Å²) in [6, 6.07) is 7.98. The standard InChI is InChI=1S/C16H27NO3/c1-4-5-9-20-13-15(18)12-17(2)11-14-7-6-8-16(10-14)19-3/h6-8,10,15,18H,4-5,9,11-13H2,1-3H3. The maximum absolute atomic E-state index is 9.91. The Balaban J connectivity index is 2.29. The minimum atomic E-state index is -0.442. The van der Waals surface area contributed by atoms with E-state index in [-0.39, 0.29) is 0 Å². The number of ether oxygens (including phenoxy) is 2. The highest BCUT2D eigenvalue weighted by atomic mass is 16.5. The van der Waals surface area contributed by atoms with Crippen LogP contribution in [-0.2, 0) is 11.3 Å². The van der Waals surface area contributed by atoms with E-state index in [4.69, 9.17) is 9.47 Å². The van der Waals surface area contributed by atoms with Crippen LogP contribution in [0, 0.1) is 0 Å². The van der Waals surface area contributed by atoms with Crippen molar-refractivity contribution in [3.63, 3.8) is 0 Å². The Hall–Kier alpha value is -1.10. The second-order valence-electron chi connectivity index (χ2n) is 5.13. The van der Waals surface area contributed by atoms with Gasteiger partial charge in [-0.05, 0) is 31.2 Å². The Morgan fingerprint density at radius 3 is 2.85 bits per heavy atom. The van der Waals surface area contributed by atoms with E-state index in [1.165, 1.54) is 5.56 Å². The van der Waals surface area contributed by atoms with Crippen molar-refractivity contribution >= 4 is 0 Å². The van der Waals surface area contributed by atoms with Crippen LogP contribution in [0.1, 0.15) is 25.3 Å². The van der Waals surface area contributed by atoms with Crippen molar-refractivity contribution in [2.24, 2.45) is 0 Å². The highest BCUT2D eigenvalue weighted by molar-refractivity contribution is 5.28. The minimum absolute atomic E-state index is 0.405. The Kier molecular flexibility index (Phi) is 8.26. The third kappa shape index (κ3) is 6.89. The quantitative estimate of drug-likeness (QED) is 0.668. The van der Waals surface area contributed by atoms with Crippen molar-refractivity contribution in [1.82, 2.24) is 4.90 Å².